The number of carbonyl (C=O) groups excluding carboxylic acids is 1. The Kier molecular flexibility index (Phi) is 7.97. The van der Waals surface area contributed by atoms with Crippen molar-refractivity contribution in [2.45, 2.75) is 13.5 Å². The second-order valence-corrected chi connectivity index (χ2v) is 8.08. The van der Waals surface area contributed by atoms with Crippen LogP contribution in [0.25, 0.3) is 6.08 Å². The van der Waals surface area contributed by atoms with Crippen LogP contribution in [0.15, 0.2) is 30.0 Å². The van der Waals surface area contributed by atoms with Gasteiger partial charge in [0.05, 0.1) is 34.4 Å². The van der Waals surface area contributed by atoms with Gasteiger partial charge in [0.1, 0.15) is 11.5 Å². The van der Waals surface area contributed by atoms with Crippen molar-refractivity contribution < 1.29 is 24.1 Å². The van der Waals surface area contributed by atoms with Gasteiger partial charge in [-0.2, -0.15) is 0 Å². The number of fused-ring (bicyclic) bond motifs is 1. The lowest BCUT2D eigenvalue weighted by Crippen LogP contribution is -2.30. The lowest BCUT2D eigenvalue weighted by atomic mass is 9.99. The minimum absolute atomic E-state index is 0.0830. The molecule has 1 N–H and O–H groups in total. The number of nitrogens with zero attached hydrogens (tertiary/aromatic N) is 1. The number of halogens is 2. The minimum Gasteiger partial charge on any atom is -0.507 e. The number of hydrogen-bond donors (Lipinski definition) is 1. The average molecular weight is 466 g/mol. The lowest BCUT2D eigenvalue weighted by Gasteiger charge is -2.23. The Morgan fingerprint density at radius 2 is 1.77 bits per heavy atom. The van der Waals surface area contributed by atoms with E-state index in [1.54, 1.807) is 51.5 Å². The number of phenolic OH excluding ortho intramolecular Hbond substituents is 1. The van der Waals surface area contributed by atoms with Gasteiger partial charge in [0.15, 0.2) is 5.76 Å². The normalized spacial score (nSPS) is 14.4. The summed E-state index contributed by atoms with van der Waals surface area (Å²) < 4.78 is 16.4. The van der Waals surface area contributed by atoms with Crippen LogP contribution in [0.2, 0.25) is 10.0 Å². The van der Waals surface area contributed by atoms with Gasteiger partial charge in [0.25, 0.3) is 0 Å². The Bertz CT molecular complexity index is 998. The number of allylic oxidation sites excluding steroid dienone is 1. The number of rotatable bonds is 9. The van der Waals surface area contributed by atoms with Gasteiger partial charge in [-0.15, -0.1) is 0 Å². The summed E-state index contributed by atoms with van der Waals surface area (Å²) in [6, 6.07) is 6.68. The van der Waals surface area contributed by atoms with Crippen LogP contribution in [0.3, 0.4) is 0 Å². The van der Waals surface area contributed by atoms with Crippen LogP contribution in [-0.2, 0) is 16.0 Å². The summed E-state index contributed by atoms with van der Waals surface area (Å²) in [4.78, 5) is 15.2. The number of aromatic hydroxyl groups is 1. The lowest BCUT2D eigenvalue weighted by molar-refractivity contribution is 0.101. The molecule has 0 saturated heterocycles. The molecule has 0 aliphatic carbocycles. The van der Waals surface area contributed by atoms with Gasteiger partial charge in [-0.05, 0) is 42.3 Å². The van der Waals surface area contributed by atoms with Gasteiger partial charge in [-0.3, -0.25) is 9.69 Å². The third kappa shape index (κ3) is 5.40. The molecule has 0 fully saturated rings. The molecule has 166 valence electrons. The minimum atomic E-state index is -0.236. The summed E-state index contributed by atoms with van der Waals surface area (Å²) in [6.07, 6.45) is 1.62. The monoisotopic (exact) mass is 465 g/mol. The van der Waals surface area contributed by atoms with E-state index in [2.05, 4.69) is 4.90 Å². The zero-order valence-electron chi connectivity index (χ0n) is 17.7. The Balaban J connectivity index is 1.95. The number of benzene rings is 2. The molecule has 0 amide bonds. The van der Waals surface area contributed by atoms with E-state index in [9.17, 15) is 9.90 Å². The highest BCUT2D eigenvalue weighted by Gasteiger charge is 2.33. The molecule has 1 heterocycles. The maximum absolute atomic E-state index is 13.1. The van der Waals surface area contributed by atoms with E-state index in [4.69, 9.17) is 37.4 Å². The van der Waals surface area contributed by atoms with Crippen LogP contribution in [0.1, 0.15) is 27.0 Å². The summed E-state index contributed by atoms with van der Waals surface area (Å²) in [6.45, 7) is 4.50. The number of ether oxygens (including phenoxy) is 3. The predicted molar refractivity (Wildman–Crippen MR) is 121 cm³/mol. The van der Waals surface area contributed by atoms with E-state index >= 15 is 0 Å². The van der Waals surface area contributed by atoms with E-state index < -0.39 is 0 Å². The molecular weight excluding hydrogens is 441 g/mol. The van der Waals surface area contributed by atoms with Crippen LogP contribution >= 0.6 is 23.2 Å². The van der Waals surface area contributed by atoms with Crippen LogP contribution < -0.4 is 4.74 Å². The molecule has 1 aliphatic rings. The summed E-state index contributed by atoms with van der Waals surface area (Å²) in [7, 11) is 3.27. The van der Waals surface area contributed by atoms with Crippen molar-refractivity contribution in [1.29, 1.82) is 0 Å². The van der Waals surface area contributed by atoms with Gasteiger partial charge in [0.2, 0.25) is 5.78 Å². The summed E-state index contributed by atoms with van der Waals surface area (Å²) >= 11 is 12.1. The SMILES string of the molecule is COCCN(CCOC)Cc1c(O)cc(C)c2c1O/C(=C/c1ccc(Cl)c(Cl)c1)C2=O. The molecule has 0 radical (unpaired) electrons. The Morgan fingerprint density at radius 1 is 1.10 bits per heavy atom. The van der Waals surface area contributed by atoms with E-state index in [0.717, 1.165) is 0 Å². The fraction of sp³-hybridized carbons (Fsp3) is 0.348. The van der Waals surface area contributed by atoms with Gasteiger partial charge in [-0.25, -0.2) is 0 Å². The highest BCUT2D eigenvalue weighted by molar-refractivity contribution is 6.42. The third-order valence-electron chi connectivity index (χ3n) is 5.07. The Morgan fingerprint density at radius 3 is 2.39 bits per heavy atom. The van der Waals surface area contributed by atoms with Crippen molar-refractivity contribution in [1.82, 2.24) is 4.90 Å². The maximum atomic E-state index is 13.1. The quantitative estimate of drug-likeness (QED) is 0.540. The number of aryl methyl sites for hydroxylation is 1. The van der Waals surface area contributed by atoms with E-state index in [-0.39, 0.29) is 17.3 Å². The molecule has 2 aromatic rings. The third-order valence-corrected chi connectivity index (χ3v) is 5.81. The number of methoxy groups -OCH3 is 2. The molecule has 8 heteroatoms. The largest absolute Gasteiger partial charge is 0.507 e. The molecule has 0 saturated carbocycles. The second kappa shape index (κ2) is 10.5. The number of ketones is 1. The fourth-order valence-electron chi connectivity index (χ4n) is 3.42. The molecular formula is C23H25Cl2NO5. The number of hydrogen-bond acceptors (Lipinski definition) is 6. The number of Topliss-reactive ketones (excluding diaryl/α,β-unsaturated/α-hetero) is 1. The van der Waals surface area contributed by atoms with E-state index in [0.29, 0.717) is 70.9 Å². The van der Waals surface area contributed by atoms with Gasteiger partial charge in [0, 0.05) is 33.9 Å². The van der Waals surface area contributed by atoms with Crippen LogP contribution in [0.5, 0.6) is 11.5 Å². The van der Waals surface area contributed by atoms with Gasteiger partial charge >= 0.3 is 0 Å². The van der Waals surface area contributed by atoms with Crippen LogP contribution in [0.4, 0.5) is 0 Å². The van der Waals surface area contributed by atoms with Crippen molar-refractivity contribution in [2.75, 3.05) is 40.5 Å². The van der Waals surface area contributed by atoms with Crippen LogP contribution in [-0.4, -0.2) is 56.3 Å². The first kappa shape index (κ1) is 23.6. The molecule has 0 unspecified atom stereocenters. The highest BCUT2D eigenvalue weighted by Crippen LogP contribution is 2.42. The van der Waals surface area contributed by atoms with E-state index in [1.165, 1.54) is 0 Å². The fourth-order valence-corrected chi connectivity index (χ4v) is 3.73. The predicted octanol–water partition coefficient (Wildman–Crippen LogP) is 4.72. The highest BCUT2D eigenvalue weighted by atomic mass is 35.5. The zero-order valence-corrected chi connectivity index (χ0v) is 19.2. The topological polar surface area (TPSA) is 68.2 Å². The first-order valence-electron chi connectivity index (χ1n) is 9.80. The standard InChI is InChI=1S/C23H25Cl2NO5/c1-14-10-19(27)16(13-26(6-8-29-2)7-9-30-3)23-21(14)22(28)20(31-23)12-15-4-5-17(24)18(25)11-15/h4-5,10-12,27H,6-9,13H2,1-3H3/b20-12+. The molecule has 31 heavy (non-hydrogen) atoms. The first-order valence-corrected chi connectivity index (χ1v) is 10.6. The summed E-state index contributed by atoms with van der Waals surface area (Å²) in [5.74, 6) is 0.400. The van der Waals surface area contributed by atoms with Crippen molar-refractivity contribution in [3.8, 4) is 11.5 Å². The smallest absolute Gasteiger partial charge is 0.232 e. The summed E-state index contributed by atoms with van der Waals surface area (Å²) in [5.41, 5.74) is 2.35. The van der Waals surface area contributed by atoms with Crippen molar-refractivity contribution in [2.24, 2.45) is 0 Å². The molecule has 6 nitrogen and oxygen atoms in total. The first-order chi connectivity index (χ1) is 14.8. The van der Waals surface area contributed by atoms with Gasteiger partial charge in [-0.1, -0.05) is 29.3 Å². The molecule has 0 aromatic heterocycles. The molecule has 0 spiro atoms. The Hall–Kier alpha value is -2.09. The molecule has 0 bridgehead atoms. The summed E-state index contributed by atoms with van der Waals surface area (Å²) in [5, 5.41) is 11.5. The zero-order chi connectivity index (χ0) is 22.5. The molecule has 2 aromatic carbocycles. The van der Waals surface area contributed by atoms with Crippen molar-refractivity contribution >= 4 is 35.1 Å². The van der Waals surface area contributed by atoms with Gasteiger partial charge < -0.3 is 19.3 Å². The average Bonchev–Trinajstić information content (AvgIpc) is 3.05. The Labute approximate surface area is 191 Å². The number of carbonyl (C=O) groups is 1. The number of phenols is 1. The molecule has 3 rings (SSSR count). The molecule has 1 aliphatic heterocycles. The van der Waals surface area contributed by atoms with E-state index in [1.807, 2.05) is 0 Å². The van der Waals surface area contributed by atoms with Crippen LogP contribution in [0, 0.1) is 6.92 Å². The maximum Gasteiger partial charge on any atom is 0.232 e. The van der Waals surface area contributed by atoms with Crippen molar-refractivity contribution in [3.63, 3.8) is 0 Å². The second-order valence-electron chi connectivity index (χ2n) is 7.27. The van der Waals surface area contributed by atoms with Crippen molar-refractivity contribution in [3.05, 3.63) is 62.3 Å². The molecule has 0 atom stereocenters.